The van der Waals surface area contributed by atoms with Crippen LogP contribution in [0.2, 0.25) is 0 Å². The lowest BCUT2D eigenvalue weighted by molar-refractivity contribution is -0.138. The Morgan fingerprint density at radius 2 is 2.29 bits per heavy atom. The number of likely N-dealkylation sites (tertiary alicyclic amines) is 1. The van der Waals surface area contributed by atoms with E-state index in [1.807, 2.05) is 4.90 Å². The van der Waals surface area contributed by atoms with E-state index in [4.69, 9.17) is 5.73 Å². The molecule has 0 aromatic rings. The second-order valence-electron chi connectivity index (χ2n) is 5.21. The molecule has 2 saturated heterocycles. The van der Waals surface area contributed by atoms with E-state index in [9.17, 15) is 9.59 Å². The van der Waals surface area contributed by atoms with E-state index in [0.29, 0.717) is 25.3 Å². The molecule has 0 aliphatic carbocycles. The average Bonchev–Trinajstić information content (AvgIpc) is 2.75. The molecule has 5 heteroatoms. The van der Waals surface area contributed by atoms with Crippen LogP contribution in [0.4, 0.5) is 0 Å². The Morgan fingerprint density at radius 1 is 1.53 bits per heavy atom. The number of nitrogens with zero attached hydrogens (tertiary/aromatic N) is 1. The van der Waals surface area contributed by atoms with Gasteiger partial charge < -0.3 is 16.0 Å². The Labute approximate surface area is 102 Å². The largest absolute Gasteiger partial charge is 0.344 e. The second kappa shape index (κ2) is 5.04. The van der Waals surface area contributed by atoms with Gasteiger partial charge in [-0.05, 0) is 25.2 Å². The Balaban J connectivity index is 2.00. The van der Waals surface area contributed by atoms with Gasteiger partial charge in [0.25, 0.3) is 0 Å². The SMILES string of the molecule is CC1CCN(C(=O)[C@H]2CCC(=O)N2)C(CN)C1. The third-order valence-corrected chi connectivity index (χ3v) is 3.83. The summed E-state index contributed by atoms with van der Waals surface area (Å²) in [5.74, 6) is 0.669. The molecule has 0 saturated carbocycles. The minimum Gasteiger partial charge on any atom is -0.344 e. The molecule has 2 unspecified atom stereocenters. The van der Waals surface area contributed by atoms with Gasteiger partial charge >= 0.3 is 0 Å². The molecule has 2 aliphatic rings. The summed E-state index contributed by atoms with van der Waals surface area (Å²) in [6, 6.07) is -0.172. The van der Waals surface area contributed by atoms with Gasteiger partial charge in [0.05, 0.1) is 0 Å². The Kier molecular flexibility index (Phi) is 3.66. The van der Waals surface area contributed by atoms with Crippen molar-refractivity contribution in [2.24, 2.45) is 11.7 Å². The van der Waals surface area contributed by atoms with Gasteiger partial charge in [0.15, 0.2) is 0 Å². The van der Waals surface area contributed by atoms with Crippen molar-refractivity contribution in [1.82, 2.24) is 10.2 Å². The lowest BCUT2D eigenvalue weighted by Crippen LogP contribution is -2.54. The van der Waals surface area contributed by atoms with Crippen LogP contribution in [0.3, 0.4) is 0 Å². The molecule has 5 nitrogen and oxygen atoms in total. The number of amides is 2. The van der Waals surface area contributed by atoms with Crippen LogP contribution in [0.1, 0.15) is 32.6 Å². The average molecular weight is 239 g/mol. The highest BCUT2D eigenvalue weighted by atomic mass is 16.2. The number of nitrogens with two attached hydrogens (primary N) is 1. The van der Waals surface area contributed by atoms with Crippen LogP contribution in [0.25, 0.3) is 0 Å². The van der Waals surface area contributed by atoms with Crippen molar-refractivity contribution < 1.29 is 9.59 Å². The summed E-state index contributed by atoms with van der Waals surface area (Å²) in [4.78, 5) is 25.3. The molecule has 3 N–H and O–H groups in total. The van der Waals surface area contributed by atoms with Crippen LogP contribution < -0.4 is 11.1 Å². The van der Waals surface area contributed by atoms with Crippen LogP contribution >= 0.6 is 0 Å². The summed E-state index contributed by atoms with van der Waals surface area (Å²) in [6.45, 7) is 3.48. The fourth-order valence-electron chi connectivity index (χ4n) is 2.76. The highest BCUT2D eigenvalue weighted by Crippen LogP contribution is 2.23. The van der Waals surface area contributed by atoms with E-state index in [1.165, 1.54) is 0 Å². The quantitative estimate of drug-likeness (QED) is 0.703. The van der Waals surface area contributed by atoms with Crippen LogP contribution in [0.5, 0.6) is 0 Å². The monoisotopic (exact) mass is 239 g/mol. The number of hydrogen-bond donors (Lipinski definition) is 2. The minimum absolute atomic E-state index is 0.0157. The molecule has 2 aliphatic heterocycles. The number of piperidine rings is 1. The zero-order valence-electron chi connectivity index (χ0n) is 10.3. The molecule has 2 rings (SSSR count). The van der Waals surface area contributed by atoms with E-state index in [2.05, 4.69) is 12.2 Å². The lowest BCUT2D eigenvalue weighted by atomic mass is 9.92. The molecular formula is C12H21N3O2. The first kappa shape index (κ1) is 12.4. The van der Waals surface area contributed by atoms with E-state index in [1.54, 1.807) is 0 Å². The summed E-state index contributed by atoms with van der Waals surface area (Å²) in [5, 5.41) is 2.74. The Morgan fingerprint density at radius 3 is 2.88 bits per heavy atom. The van der Waals surface area contributed by atoms with E-state index < -0.39 is 0 Å². The van der Waals surface area contributed by atoms with Crippen LogP contribution in [0.15, 0.2) is 0 Å². The molecule has 96 valence electrons. The fraction of sp³-hybridized carbons (Fsp3) is 0.833. The smallest absolute Gasteiger partial charge is 0.245 e. The molecule has 2 amide bonds. The summed E-state index contributed by atoms with van der Waals surface area (Å²) in [7, 11) is 0. The van der Waals surface area contributed by atoms with E-state index >= 15 is 0 Å². The standard InChI is InChI=1S/C12H21N3O2/c1-8-4-5-15(9(6-8)7-13)12(17)10-2-3-11(16)14-10/h8-10H,2-7,13H2,1H3,(H,14,16)/t8?,9?,10-/m1/s1. The van der Waals surface area contributed by atoms with Gasteiger partial charge in [-0.2, -0.15) is 0 Å². The third kappa shape index (κ3) is 2.60. The van der Waals surface area contributed by atoms with Crippen LogP contribution in [0, 0.1) is 5.92 Å². The van der Waals surface area contributed by atoms with Crippen LogP contribution in [-0.4, -0.2) is 41.9 Å². The van der Waals surface area contributed by atoms with Gasteiger partial charge in [-0.25, -0.2) is 0 Å². The molecule has 0 bridgehead atoms. The van der Waals surface area contributed by atoms with Gasteiger partial charge in [-0.15, -0.1) is 0 Å². The topological polar surface area (TPSA) is 75.4 Å². The summed E-state index contributed by atoms with van der Waals surface area (Å²) < 4.78 is 0. The van der Waals surface area contributed by atoms with Gasteiger partial charge in [0.1, 0.15) is 6.04 Å². The molecule has 0 aromatic heterocycles. The molecule has 0 spiro atoms. The minimum atomic E-state index is -0.315. The first-order chi connectivity index (χ1) is 8.11. The first-order valence-electron chi connectivity index (χ1n) is 6.41. The zero-order valence-corrected chi connectivity index (χ0v) is 10.3. The third-order valence-electron chi connectivity index (χ3n) is 3.83. The maximum Gasteiger partial charge on any atom is 0.245 e. The van der Waals surface area contributed by atoms with Gasteiger partial charge in [-0.3, -0.25) is 9.59 Å². The number of carbonyl (C=O) groups is 2. The highest BCUT2D eigenvalue weighted by Gasteiger charge is 2.35. The molecule has 2 heterocycles. The number of carbonyl (C=O) groups excluding carboxylic acids is 2. The van der Waals surface area contributed by atoms with Crippen molar-refractivity contribution in [2.75, 3.05) is 13.1 Å². The first-order valence-corrected chi connectivity index (χ1v) is 6.41. The van der Waals surface area contributed by atoms with Crippen molar-refractivity contribution in [2.45, 2.75) is 44.7 Å². The molecule has 17 heavy (non-hydrogen) atoms. The Hall–Kier alpha value is -1.10. The molecule has 2 fully saturated rings. The van der Waals surface area contributed by atoms with Crippen molar-refractivity contribution in [1.29, 1.82) is 0 Å². The van der Waals surface area contributed by atoms with Crippen molar-refractivity contribution >= 4 is 11.8 Å². The summed E-state index contributed by atoms with van der Waals surface area (Å²) in [6.07, 6.45) is 3.10. The van der Waals surface area contributed by atoms with Gasteiger partial charge in [0, 0.05) is 25.6 Å². The number of rotatable bonds is 2. The lowest BCUT2D eigenvalue weighted by Gasteiger charge is -2.39. The number of hydrogen-bond acceptors (Lipinski definition) is 3. The maximum absolute atomic E-state index is 12.3. The highest BCUT2D eigenvalue weighted by molar-refractivity contribution is 5.91. The Bertz CT molecular complexity index is 319. The van der Waals surface area contributed by atoms with Crippen molar-refractivity contribution in [3.63, 3.8) is 0 Å². The zero-order chi connectivity index (χ0) is 12.4. The summed E-state index contributed by atoms with van der Waals surface area (Å²) in [5.41, 5.74) is 5.74. The van der Waals surface area contributed by atoms with Crippen LogP contribution in [-0.2, 0) is 9.59 Å². The predicted molar refractivity (Wildman–Crippen MR) is 64.1 cm³/mol. The van der Waals surface area contributed by atoms with Gasteiger partial charge in [0.2, 0.25) is 11.8 Å². The normalized spacial score (nSPS) is 33.6. The molecular weight excluding hydrogens is 218 g/mol. The summed E-state index contributed by atoms with van der Waals surface area (Å²) >= 11 is 0. The van der Waals surface area contributed by atoms with E-state index in [-0.39, 0.29) is 23.9 Å². The van der Waals surface area contributed by atoms with Crippen molar-refractivity contribution in [3.8, 4) is 0 Å². The maximum atomic E-state index is 12.3. The van der Waals surface area contributed by atoms with Crippen molar-refractivity contribution in [3.05, 3.63) is 0 Å². The number of nitrogens with one attached hydrogen (secondary N) is 1. The van der Waals surface area contributed by atoms with E-state index in [0.717, 1.165) is 19.4 Å². The predicted octanol–water partition coefficient (Wildman–Crippen LogP) is -0.149. The molecule has 0 radical (unpaired) electrons. The molecule has 0 aromatic carbocycles. The van der Waals surface area contributed by atoms with Gasteiger partial charge in [-0.1, -0.05) is 6.92 Å². The fourth-order valence-corrected chi connectivity index (χ4v) is 2.76. The second-order valence-corrected chi connectivity index (χ2v) is 5.21. The molecule has 3 atom stereocenters.